The Kier molecular flexibility index (Phi) is 5.41. The highest BCUT2D eigenvalue weighted by atomic mass is 79.9. The molecule has 1 fully saturated rings. The number of nitrogens with one attached hydrogen (secondary N) is 1. The van der Waals surface area contributed by atoms with Gasteiger partial charge in [-0.2, -0.15) is 0 Å². The number of halogens is 2. The van der Waals surface area contributed by atoms with E-state index in [0.29, 0.717) is 22.0 Å². The Morgan fingerprint density at radius 3 is 2.64 bits per heavy atom. The van der Waals surface area contributed by atoms with Crippen molar-refractivity contribution in [3.05, 3.63) is 56.6 Å². The Balaban J connectivity index is 1.83. The molecule has 1 amide bonds. The van der Waals surface area contributed by atoms with Crippen LogP contribution in [0.3, 0.4) is 0 Å². The van der Waals surface area contributed by atoms with Crippen LogP contribution in [-0.4, -0.2) is 29.7 Å². The van der Waals surface area contributed by atoms with Gasteiger partial charge in [0.2, 0.25) is 0 Å². The van der Waals surface area contributed by atoms with E-state index in [1.165, 1.54) is 6.07 Å². The van der Waals surface area contributed by atoms with E-state index in [1.54, 1.807) is 12.1 Å². The number of rotatable bonds is 2. The van der Waals surface area contributed by atoms with E-state index in [4.69, 9.17) is 0 Å². The molecule has 0 unspecified atom stereocenters. The van der Waals surface area contributed by atoms with Gasteiger partial charge in [-0.1, -0.05) is 6.07 Å². The molecule has 1 aliphatic carbocycles. The van der Waals surface area contributed by atoms with Gasteiger partial charge < -0.3 is 10.2 Å². The molecular weight excluding hydrogens is 423 g/mol. The van der Waals surface area contributed by atoms with Crippen molar-refractivity contribution in [1.82, 2.24) is 10.2 Å². The van der Waals surface area contributed by atoms with Gasteiger partial charge in [0.25, 0.3) is 5.91 Å². The van der Waals surface area contributed by atoms with Crippen LogP contribution in [0.5, 0.6) is 0 Å². The van der Waals surface area contributed by atoms with Gasteiger partial charge in [0.05, 0.1) is 4.47 Å². The molecule has 0 spiro atoms. The van der Waals surface area contributed by atoms with Gasteiger partial charge in [-0.25, -0.2) is 4.39 Å². The lowest BCUT2D eigenvalue weighted by atomic mass is 9.75. The molecule has 28 heavy (non-hydrogen) atoms. The number of allylic oxidation sites excluding steroid dienone is 3. The summed E-state index contributed by atoms with van der Waals surface area (Å²) in [5, 5.41) is 3.35. The molecule has 0 aromatic heterocycles. The summed E-state index contributed by atoms with van der Waals surface area (Å²) >= 11 is 3.26. The fourth-order valence-electron chi connectivity index (χ4n) is 4.56. The molecule has 148 valence electrons. The third-order valence-corrected chi connectivity index (χ3v) is 6.53. The number of hydrogen-bond donors (Lipinski definition) is 1. The van der Waals surface area contributed by atoms with E-state index in [1.807, 2.05) is 11.8 Å². The van der Waals surface area contributed by atoms with Crippen molar-refractivity contribution in [2.24, 2.45) is 0 Å². The number of carbonyl (C=O) groups excluding carboxylic acids is 2. The summed E-state index contributed by atoms with van der Waals surface area (Å²) in [6, 6.07) is 4.79. The normalized spacial score (nSPS) is 22.9. The molecule has 6 heteroatoms. The molecule has 1 aromatic carbocycles. The van der Waals surface area contributed by atoms with Crippen LogP contribution >= 0.6 is 15.9 Å². The number of Topliss-reactive ketones (excluding diaryl/α,β-unsaturated/α-hetero) is 1. The molecule has 1 aromatic rings. The van der Waals surface area contributed by atoms with Gasteiger partial charge in [-0.15, -0.1) is 0 Å². The minimum absolute atomic E-state index is 0.0138. The number of likely N-dealkylation sites (tertiary alicyclic amines) is 1. The van der Waals surface area contributed by atoms with E-state index < -0.39 is 5.92 Å². The monoisotopic (exact) mass is 446 g/mol. The largest absolute Gasteiger partial charge is 0.362 e. The lowest BCUT2D eigenvalue weighted by molar-refractivity contribution is -0.128. The van der Waals surface area contributed by atoms with Crippen LogP contribution in [0, 0.1) is 5.82 Å². The summed E-state index contributed by atoms with van der Waals surface area (Å²) in [6.45, 7) is 3.40. The number of hydrogen-bond acceptors (Lipinski definition) is 3. The number of dihydropyridines is 1. The lowest BCUT2D eigenvalue weighted by Crippen LogP contribution is -2.42. The number of piperidine rings is 1. The number of ketones is 1. The number of amides is 1. The van der Waals surface area contributed by atoms with Crippen LogP contribution < -0.4 is 5.32 Å². The molecule has 1 saturated heterocycles. The van der Waals surface area contributed by atoms with Crippen molar-refractivity contribution in [1.29, 1.82) is 0 Å². The molecule has 0 radical (unpaired) electrons. The van der Waals surface area contributed by atoms with E-state index in [-0.39, 0.29) is 17.5 Å². The summed E-state index contributed by atoms with van der Waals surface area (Å²) in [5.74, 6) is -0.738. The molecule has 1 N–H and O–H groups in total. The maximum atomic E-state index is 13.9. The van der Waals surface area contributed by atoms with E-state index in [0.717, 1.165) is 62.2 Å². The highest BCUT2D eigenvalue weighted by molar-refractivity contribution is 9.10. The average molecular weight is 447 g/mol. The zero-order valence-electron chi connectivity index (χ0n) is 16.0. The minimum atomic E-state index is -0.449. The summed E-state index contributed by atoms with van der Waals surface area (Å²) in [7, 11) is 0. The van der Waals surface area contributed by atoms with Crippen LogP contribution in [0.25, 0.3) is 0 Å². The molecule has 2 heterocycles. The van der Waals surface area contributed by atoms with Crippen molar-refractivity contribution in [3.8, 4) is 0 Å². The van der Waals surface area contributed by atoms with Crippen LogP contribution in [0.1, 0.15) is 56.9 Å². The lowest BCUT2D eigenvalue weighted by Gasteiger charge is -2.37. The smallest absolute Gasteiger partial charge is 0.252 e. The summed E-state index contributed by atoms with van der Waals surface area (Å²) in [6.07, 6.45) is 5.25. The standard InChI is InChI=1S/C22H24BrFN2O2/c1-13-19(22(28)26-10-3-2-4-11-26)20(14-8-9-16(24)15(23)12-14)21-17(25-13)6-5-7-18(21)27/h8-9,12,20,25H,2-7,10-11H2,1H3/t20-/m0/s1. The van der Waals surface area contributed by atoms with E-state index in [2.05, 4.69) is 21.2 Å². The minimum Gasteiger partial charge on any atom is -0.362 e. The number of carbonyl (C=O) groups is 2. The maximum Gasteiger partial charge on any atom is 0.252 e. The Bertz CT molecular complexity index is 900. The van der Waals surface area contributed by atoms with E-state index >= 15 is 0 Å². The number of benzene rings is 1. The third-order valence-electron chi connectivity index (χ3n) is 5.93. The predicted molar refractivity (Wildman–Crippen MR) is 109 cm³/mol. The molecule has 4 nitrogen and oxygen atoms in total. The first kappa shape index (κ1) is 19.4. The average Bonchev–Trinajstić information content (AvgIpc) is 2.69. The molecule has 4 rings (SSSR count). The van der Waals surface area contributed by atoms with Gasteiger partial charge in [-0.05, 0) is 72.7 Å². The molecule has 0 saturated carbocycles. The zero-order chi connectivity index (χ0) is 19.8. The van der Waals surface area contributed by atoms with Crippen LogP contribution in [0.2, 0.25) is 0 Å². The quantitative estimate of drug-likeness (QED) is 0.723. The van der Waals surface area contributed by atoms with Crippen LogP contribution in [-0.2, 0) is 9.59 Å². The highest BCUT2D eigenvalue weighted by Crippen LogP contribution is 2.43. The van der Waals surface area contributed by atoms with Gasteiger partial charge in [0.15, 0.2) is 5.78 Å². The SMILES string of the molecule is CC1=C(C(=O)N2CCCCC2)[C@H](c2ccc(F)c(Br)c2)C2=C(CCCC2=O)N1. The molecule has 0 bridgehead atoms. The second-order valence-electron chi connectivity index (χ2n) is 7.79. The van der Waals surface area contributed by atoms with Crippen molar-refractivity contribution in [2.75, 3.05) is 13.1 Å². The van der Waals surface area contributed by atoms with Crippen LogP contribution in [0.15, 0.2) is 45.2 Å². The van der Waals surface area contributed by atoms with Crippen LogP contribution in [0.4, 0.5) is 4.39 Å². The fraction of sp³-hybridized carbons (Fsp3) is 0.455. The van der Waals surface area contributed by atoms with Crippen molar-refractivity contribution < 1.29 is 14.0 Å². The van der Waals surface area contributed by atoms with Crippen molar-refractivity contribution in [2.45, 2.75) is 51.4 Å². The molecule has 1 atom stereocenters. The molecule has 2 aliphatic heterocycles. The first-order chi connectivity index (χ1) is 13.5. The first-order valence-corrected chi connectivity index (χ1v) is 10.7. The Hall–Kier alpha value is -1.95. The molecular formula is C22H24BrFN2O2. The van der Waals surface area contributed by atoms with Crippen molar-refractivity contribution in [3.63, 3.8) is 0 Å². The Labute approximate surface area is 173 Å². The summed E-state index contributed by atoms with van der Waals surface area (Å²) in [4.78, 5) is 28.3. The van der Waals surface area contributed by atoms with Crippen molar-refractivity contribution >= 4 is 27.6 Å². The third kappa shape index (κ3) is 3.43. The zero-order valence-corrected chi connectivity index (χ0v) is 17.6. The maximum absolute atomic E-state index is 13.9. The summed E-state index contributed by atoms with van der Waals surface area (Å²) < 4.78 is 14.2. The fourth-order valence-corrected chi connectivity index (χ4v) is 4.96. The molecule has 3 aliphatic rings. The predicted octanol–water partition coefficient (Wildman–Crippen LogP) is 4.57. The summed E-state index contributed by atoms with van der Waals surface area (Å²) in [5.41, 5.74) is 3.78. The topological polar surface area (TPSA) is 49.4 Å². The van der Waals surface area contributed by atoms with E-state index in [9.17, 15) is 14.0 Å². The van der Waals surface area contributed by atoms with Gasteiger partial charge >= 0.3 is 0 Å². The van der Waals surface area contributed by atoms with Gasteiger partial charge in [-0.3, -0.25) is 9.59 Å². The second kappa shape index (κ2) is 7.82. The number of nitrogens with zero attached hydrogens (tertiary/aromatic N) is 1. The Morgan fingerprint density at radius 1 is 1.18 bits per heavy atom. The highest BCUT2D eigenvalue weighted by Gasteiger charge is 2.40. The second-order valence-corrected chi connectivity index (χ2v) is 8.65. The Morgan fingerprint density at radius 2 is 1.93 bits per heavy atom. The van der Waals surface area contributed by atoms with Gasteiger partial charge in [0, 0.05) is 48.0 Å². The first-order valence-electron chi connectivity index (χ1n) is 9.95. The van der Waals surface area contributed by atoms with Gasteiger partial charge in [0.1, 0.15) is 5.82 Å².